The molecule has 2 unspecified atom stereocenters. The van der Waals surface area contributed by atoms with E-state index in [0.29, 0.717) is 30.9 Å². The summed E-state index contributed by atoms with van der Waals surface area (Å²) in [6, 6.07) is 16.1. The molecule has 53 heavy (non-hydrogen) atoms. The fraction of sp³-hybridized carbons (Fsp3) is 0.575. The van der Waals surface area contributed by atoms with Gasteiger partial charge in [0.05, 0.1) is 16.4 Å². The minimum absolute atomic E-state index is 0.0714. The van der Waals surface area contributed by atoms with E-state index in [1.807, 2.05) is 37.2 Å². The predicted molar refractivity (Wildman–Crippen MR) is 202 cm³/mol. The van der Waals surface area contributed by atoms with Crippen molar-refractivity contribution < 1.29 is 27.5 Å². The van der Waals surface area contributed by atoms with E-state index < -0.39 is 32.4 Å². The summed E-state index contributed by atoms with van der Waals surface area (Å²) >= 11 is 0. The van der Waals surface area contributed by atoms with Crippen LogP contribution in [0.5, 0.6) is 0 Å². The van der Waals surface area contributed by atoms with Crippen LogP contribution in [0.1, 0.15) is 51.5 Å². The van der Waals surface area contributed by atoms with E-state index in [2.05, 4.69) is 35.0 Å². The van der Waals surface area contributed by atoms with Crippen molar-refractivity contribution in [3.8, 4) is 6.07 Å². The normalized spacial score (nSPS) is 26.9. The van der Waals surface area contributed by atoms with Crippen molar-refractivity contribution >= 4 is 27.5 Å². The number of likely N-dealkylation sites (tertiary alicyclic amines) is 2. The van der Waals surface area contributed by atoms with Crippen LogP contribution in [-0.4, -0.2) is 117 Å². The molecule has 0 radical (unpaired) electrons. The van der Waals surface area contributed by atoms with Crippen molar-refractivity contribution in [1.29, 1.82) is 5.26 Å². The van der Waals surface area contributed by atoms with E-state index >= 15 is 0 Å². The maximum atomic E-state index is 14.7. The molecular formula is C40H53FN6O5S. The van der Waals surface area contributed by atoms with E-state index in [1.54, 1.807) is 29.2 Å². The number of nitrogens with zero attached hydrogens (tertiary/aromatic N) is 5. The molecule has 3 aliphatic heterocycles. The average molecular weight is 749 g/mol. The van der Waals surface area contributed by atoms with Gasteiger partial charge in [-0.15, -0.1) is 0 Å². The summed E-state index contributed by atoms with van der Waals surface area (Å²) in [6.07, 6.45) is 5.86. The molecular weight excluding hydrogens is 696 g/mol. The van der Waals surface area contributed by atoms with Gasteiger partial charge in [0.15, 0.2) is 9.84 Å². The number of nitriles is 1. The Kier molecular flexibility index (Phi) is 11.5. The van der Waals surface area contributed by atoms with E-state index in [1.165, 1.54) is 18.2 Å². The van der Waals surface area contributed by atoms with Crippen LogP contribution < -0.4 is 10.2 Å². The first-order chi connectivity index (χ1) is 25.2. The Morgan fingerprint density at radius 2 is 1.74 bits per heavy atom. The molecule has 2 aromatic carbocycles. The maximum absolute atomic E-state index is 14.7. The largest absolute Gasteiger partial charge is 0.465 e. The second kappa shape index (κ2) is 15.8. The lowest BCUT2D eigenvalue weighted by Gasteiger charge is -2.52. The number of carbonyl (C=O) groups excluding carboxylic acids is 1. The van der Waals surface area contributed by atoms with Crippen LogP contribution >= 0.6 is 0 Å². The number of nitrogens with one attached hydrogen (secondary N) is 1. The van der Waals surface area contributed by atoms with Gasteiger partial charge in [-0.1, -0.05) is 24.6 Å². The number of piperidine rings is 1. The molecule has 0 bridgehead atoms. The Bertz CT molecular complexity index is 1810. The van der Waals surface area contributed by atoms with Gasteiger partial charge in [-0.3, -0.25) is 9.69 Å². The van der Waals surface area contributed by atoms with E-state index in [-0.39, 0.29) is 53.9 Å². The number of likely N-dealkylation sites (N-methyl/N-ethyl adjacent to an activating group) is 1. The third-order valence-corrected chi connectivity index (χ3v) is 14.3. The standard InChI is InChI=1S/C40H53FN6O5S/c1-27-18-31(40(26-42,30-8-5-9-32(41)20-30)36-10-6-11-37(36)43-39(49)50)19-28(2)47(27)23-29-21-45(22-29)33-13-15-34(16-14-33)53(51,52)35-24-46(25-35)38(48)12-7-17-44(3)4/h5,7-9,12-16,20,27-29,31,35-37,43H,6,10-11,17-19,21-25H2,1-4H3,(H,49,50)/b12-7+/t27-,28+,31?,36-,37-,40?/m0/s1. The molecule has 1 aliphatic carbocycles. The topological polar surface area (TPSA) is 137 Å². The summed E-state index contributed by atoms with van der Waals surface area (Å²) in [5, 5.41) is 22.7. The van der Waals surface area contributed by atoms with Gasteiger partial charge in [-0.25, -0.2) is 17.6 Å². The number of carboxylic acid groups (broad SMARTS) is 1. The minimum atomic E-state index is -3.55. The number of sulfone groups is 1. The summed E-state index contributed by atoms with van der Waals surface area (Å²) in [5.74, 6) is -0.461. The van der Waals surface area contributed by atoms with Crippen molar-refractivity contribution in [1.82, 2.24) is 20.0 Å². The number of hydrogen-bond donors (Lipinski definition) is 2. The predicted octanol–water partition coefficient (Wildman–Crippen LogP) is 4.75. The Morgan fingerprint density at radius 3 is 2.34 bits per heavy atom. The average Bonchev–Trinajstić information content (AvgIpc) is 3.51. The first kappa shape index (κ1) is 38.7. The fourth-order valence-corrected chi connectivity index (χ4v) is 11.1. The number of amides is 2. The molecule has 4 fully saturated rings. The third-order valence-electron chi connectivity index (χ3n) is 12.2. The van der Waals surface area contributed by atoms with Gasteiger partial charge in [0.2, 0.25) is 5.91 Å². The molecule has 6 rings (SSSR count). The van der Waals surface area contributed by atoms with Gasteiger partial charge in [0.1, 0.15) is 11.1 Å². The molecule has 3 heterocycles. The molecule has 6 atom stereocenters. The van der Waals surface area contributed by atoms with Crippen LogP contribution in [0.15, 0.2) is 65.6 Å². The Morgan fingerprint density at radius 1 is 1.06 bits per heavy atom. The molecule has 1 saturated carbocycles. The van der Waals surface area contributed by atoms with Gasteiger partial charge in [0, 0.05) is 81.0 Å². The Hall–Kier alpha value is -3.99. The van der Waals surface area contributed by atoms with E-state index in [4.69, 9.17) is 0 Å². The maximum Gasteiger partial charge on any atom is 0.404 e. The SMILES string of the molecule is C[C@@H]1CC(C(C#N)(c2cccc(F)c2)[C@H]2CCC[C@@H]2NC(=O)O)C[C@H](C)N1CC1CN(c2ccc(S(=O)(=O)C3CN(C(=O)/C=C/CN(C)C)C3)cc2)C1. The lowest BCUT2D eigenvalue weighted by molar-refractivity contribution is -0.129. The lowest BCUT2D eigenvalue weighted by atomic mass is 9.58. The second-order valence-electron chi connectivity index (χ2n) is 16.0. The lowest BCUT2D eigenvalue weighted by Crippen LogP contribution is -2.59. The molecule has 2 N–H and O–H groups in total. The monoisotopic (exact) mass is 748 g/mol. The van der Waals surface area contributed by atoms with Crippen molar-refractivity contribution in [3.05, 3.63) is 72.1 Å². The van der Waals surface area contributed by atoms with E-state index in [9.17, 15) is 32.8 Å². The third kappa shape index (κ3) is 7.96. The van der Waals surface area contributed by atoms with Gasteiger partial charge in [-0.2, -0.15) is 5.26 Å². The van der Waals surface area contributed by atoms with Crippen LogP contribution in [-0.2, 0) is 20.0 Å². The molecule has 0 aromatic heterocycles. The zero-order valence-corrected chi connectivity index (χ0v) is 32.0. The van der Waals surface area contributed by atoms with Gasteiger partial charge < -0.3 is 25.1 Å². The van der Waals surface area contributed by atoms with Crippen LogP contribution in [0, 0.1) is 34.9 Å². The number of hydrogen-bond acceptors (Lipinski definition) is 8. The molecule has 3 saturated heterocycles. The van der Waals surface area contributed by atoms with Crippen LogP contribution in [0.3, 0.4) is 0 Å². The van der Waals surface area contributed by atoms with Gasteiger partial charge in [-0.05, 0) is 102 Å². The highest BCUT2D eigenvalue weighted by molar-refractivity contribution is 7.92. The van der Waals surface area contributed by atoms with Crippen molar-refractivity contribution in [2.75, 3.05) is 58.3 Å². The van der Waals surface area contributed by atoms with Crippen molar-refractivity contribution in [3.63, 3.8) is 0 Å². The first-order valence-corrected chi connectivity index (χ1v) is 20.4. The Labute approximate surface area is 313 Å². The number of rotatable bonds is 12. The first-order valence-electron chi connectivity index (χ1n) is 18.8. The summed E-state index contributed by atoms with van der Waals surface area (Å²) < 4.78 is 41.2. The van der Waals surface area contributed by atoms with Gasteiger partial charge in [0.25, 0.3) is 0 Å². The molecule has 13 heteroatoms. The molecule has 2 amide bonds. The van der Waals surface area contributed by atoms with Crippen LogP contribution in [0.4, 0.5) is 14.9 Å². The summed E-state index contributed by atoms with van der Waals surface area (Å²) in [7, 11) is 0.281. The van der Waals surface area contributed by atoms with Crippen LogP contribution in [0.25, 0.3) is 0 Å². The Balaban J connectivity index is 1.05. The molecule has 0 spiro atoms. The molecule has 286 valence electrons. The van der Waals surface area contributed by atoms with Crippen molar-refractivity contribution in [2.24, 2.45) is 17.8 Å². The second-order valence-corrected chi connectivity index (χ2v) is 18.2. The summed E-state index contributed by atoms with van der Waals surface area (Å²) in [5.41, 5.74) is 0.599. The number of benzene rings is 2. The van der Waals surface area contributed by atoms with Gasteiger partial charge >= 0.3 is 6.09 Å². The fourth-order valence-electron chi connectivity index (χ4n) is 9.45. The number of carbonyl (C=O) groups is 2. The summed E-state index contributed by atoms with van der Waals surface area (Å²) in [6.45, 7) is 8.03. The molecule has 4 aliphatic rings. The smallest absolute Gasteiger partial charge is 0.404 e. The highest BCUT2D eigenvalue weighted by Gasteiger charge is 2.54. The number of anilines is 1. The summed E-state index contributed by atoms with van der Waals surface area (Å²) in [4.78, 5) is 32.7. The minimum Gasteiger partial charge on any atom is -0.465 e. The van der Waals surface area contributed by atoms with E-state index in [0.717, 1.165) is 44.6 Å². The quantitative estimate of drug-likeness (QED) is 0.295. The zero-order chi connectivity index (χ0) is 38.1. The highest BCUT2D eigenvalue weighted by Crippen LogP contribution is 2.52. The van der Waals surface area contributed by atoms with Crippen LogP contribution in [0.2, 0.25) is 0 Å². The molecule has 11 nitrogen and oxygen atoms in total. The number of halogens is 1. The zero-order valence-electron chi connectivity index (χ0n) is 31.2. The van der Waals surface area contributed by atoms with Crippen molar-refractivity contribution in [2.45, 2.75) is 79.6 Å². The highest BCUT2D eigenvalue weighted by atomic mass is 32.2. The molecule has 2 aromatic rings.